The van der Waals surface area contributed by atoms with Crippen molar-refractivity contribution in [1.82, 2.24) is 10.2 Å². The summed E-state index contributed by atoms with van der Waals surface area (Å²) in [6, 6.07) is 14.3. The molecule has 0 radical (unpaired) electrons. The van der Waals surface area contributed by atoms with Gasteiger partial charge in [-0.2, -0.15) is 0 Å². The van der Waals surface area contributed by atoms with E-state index >= 15 is 0 Å². The summed E-state index contributed by atoms with van der Waals surface area (Å²) in [5.74, 6) is -0.236. The Hall–Kier alpha value is -3.19. The first-order valence-corrected chi connectivity index (χ1v) is 8.98. The summed E-state index contributed by atoms with van der Waals surface area (Å²) in [5, 5.41) is 11.1. The maximum atomic E-state index is 11.8. The lowest BCUT2D eigenvalue weighted by Gasteiger charge is -2.06. The number of nitrogens with one attached hydrogen (secondary N) is 1. The smallest absolute Gasteiger partial charge is 0.306 e. The van der Waals surface area contributed by atoms with Gasteiger partial charge < -0.3 is 14.5 Å². The molecule has 28 heavy (non-hydrogen) atoms. The van der Waals surface area contributed by atoms with Gasteiger partial charge in [-0.25, -0.2) is 0 Å². The highest BCUT2D eigenvalue weighted by molar-refractivity contribution is 6.30. The Morgan fingerprint density at radius 1 is 1.07 bits per heavy atom. The number of aryl methyl sites for hydroxylation is 2. The van der Waals surface area contributed by atoms with Crippen LogP contribution < -0.4 is 5.32 Å². The Balaban J connectivity index is 1.42. The molecule has 144 valence electrons. The van der Waals surface area contributed by atoms with Crippen molar-refractivity contribution in [2.75, 3.05) is 11.9 Å². The molecule has 3 aromatic rings. The van der Waals surface area contributed by atoms with Gasteiger partial charge in [0.25, 0.3) is 5.91 Å². The van der Waals surface area contributed by atoms with Crippen LogP contribution >= 0.6 is 11.6 Å². The molecular formula is C20H18ClN3O4. The lowest BCUT2D eigenvalue weighted by Crippen LogP contribution is -2.21. The third-order valence-electron chi connectivity index (χ3n) is 3.80. The molecule has 0 atom stereocenters. The van der Waals surface area contributed by atoms with Crippen molar-refractivity contribution in [1.29, 1.82) is 0 Å². The Labute approximate surface area is 166 Å². The molecule has 0 spiro atoms. The second-order valence-electron chi connectivity index (χ2n) is 6.08. The molecule has 1 aromatic heterocycles. The summed E-state index contributed by atoms with van der Waals surface area (Å²) in [6.45, 7) is 1.62. The van der Waals surface area contributed by atoms with Gasteiger partial charge in [0.1, 0.15) is 0 Å². The number of aromatic nitrogens is 2. The van der Waals surface area contributed by atoms with Crippen molar-refractivity contribution >= 4 is 29.2 Å². The van der Waals surface area contributed by atoms with E-state index in [0.717, 1.165) is 11.1 Å². The highest BCUT2D eigenvalue weighted by atomic mass is 35.5. The van der Waals surface area contributed by atoms with Gasteiger partial charge in [0.05, 0.1) is 6.42 Å². The molecule has 7 nitrogen and oxygen atoms in total. The van der Waals surface area contributed by atoms with Gasteiger partial charge in [-0.3, -0.25) is 9.59 Å². The third-order valence-corrected chi connectivity index (χ3v) is 4.05. The molecule has 0 saturated heterocycles. The number of amides is 1. The second-order valence-corrected chi connectivity index (χ2v) is 6.52. The van der Waals surface area contributed by atoms with Crippen molar-refractivity contribution < 1.29 is 18.7 Å². The van der Waals surface area contributed by atoms with Gasteiger partial charge in [-0.15, -0.1) is 10.2 Å². The van der Waals surface area contributed by atoms with Crippen LogP contribution in [0.1, 0.15) is 17.9 Å². The topological polar surface area (TPSA) is 94.3 Å². The number of ether oxygens (including phenoxy) is 1. The summed E-state index contributed by atoms with van der Waals surface area (Å²) >= 11 is 5.78. The van der Waals surface area contributed by atoms with Gasteiger partial charge in [-0.1, -0.05) is 29.3 Å². The van der Waals surface area contributed by atoms with Gasteiger partial charge in [0, 0.05) is 22.7 Å². The number of esters is 1. The molecule has 0 unspecified atom stereocenters. The summed E-state index contributed by atoms with van der Waals surface area (Å²) in [4.78, 5) is 23.6. The van der Waals surface area contributed by atoms with Crippen LogP contribution in [0.25, 0.3) is 11.5 Å². The molecule has 1 amide bonds. The van der Waals surface area contributed by atoms with Crippen LogP contribution in [0.4, 0.5) is 5.69 Å². The number of rotatable bonds is 7. The van der Waals surface area contributed by atoms with Gasteiger partial charge in [-0.05, 0) is 43.3 Å². The predicted molar refractivity (Wildman–Crippen MR) is 104 cm³/mol. The van der Waals surface area contributed by atoms with Crippen molar-refractivity contribution in [3.05, 3.63) is 65.0 Å². The number of carbonyl (C=O) groups excluding carboxylic acids is 2. The molecule has 0 saturated carbocycles. The highest BCUT2D eigenvalue weighted by Crippen LogP contribution is 2.18. The summed E-state index contributed by atoms with van der Waals surface area (Å²) in [6.07, 6.45) is 0.264. The monoisotopic (exact) mass is 399 g/mol. The van der Waals surface area contributed by atoms with Crippen LogP contribution in [0, 0.1) is 6.92 Å². The summed E-state index contributed by atoms with van der Waals surface area (Å²) in [5.41, 5.74) is 2.51. The van der Waals surface area contributed by atoms with E-state index in [-0.39, 0.29) is 19.4 Å². The lowest BCUT2D eigenvalue weighted by molar-refractivity contribution is -0.147. The fourth-order valence-electron chi connectivity index (χ4n) is 2.32. The quantitative estimate of drug-likeness (QED) is 0.607. The Bertz CT molecular complexity index is 952. The van der Waals surface area contributed by atoms with Crippen LogP contribution in [-0.4, -0.2) is 28.7 Å². The van der Waals surface area contributed by atoms with Crippen LogP contribution in [0.3, 0.4) is 0 Å². The predicted octanol–water partition coefficient (Wildman–Crippen LogP) is 3.81. The van der Waals surface area contributed by atoms with Crippen molar-refractivity contribution in [2.24, 2.45) is 0 Å². The Morgan fingerprint density at radius 3 is 2.50 bits per heavy atom. The third kappa shape index (κ3) is 5.65. The molecular weight excluding hydrogens is 382 g/mol. The van der Waals surface area contributed by atoms with Crippen LogP contribution in [0.2, 0.25) is 5.02 Å². The maximum absolute atomic E-state index is 11.8. The van der Waals surface area contributed by atoms with Crippen molar-refractivity contribution in [2.45, 2.75) is 19.8 Å². The molecule has 0 aliphatic rings. The van der Waals surface area contributed by atoms with E-state index in [0.29, 0.717) is 22.5 Å². The minimum Gasteiger partial charge on any atom is -0.456 e. The largest absolute Gasteiger partial charge is 0.456 e. The highest BCUT2D eigenvalue weighted by Gasteiger charge is 2.12. The average Bonchev–Trinajstić information content (AvgIpc) is 3.16. The zero-order valence-corrected chi connectivity index (χ0v) is 15.9. The number of hydrogen-bond donors (Lipinski definition) is 1. The number of hydrogen-bond acceptors (Lipinski definition) is 6. The standard InChI is InChI=1S/C20H18ClN3O4/c1-13-2-4-14(5-3-13)20-24-23-18(28-20)10-11-19(26)27-12-17(25)22-16-8-6-15(21)7-9-16/h2-9H,10-12H2,1H3,(H,22,25). The van der Waals surface area contributed by atoms with Gasteiger partial charge in [0.15, 0.2) is 6.61 Å². The van der Waals surface area contributed by atoms with E-state index in [4.69, 9.17) is 20.8 Å². The van der Waals surface area contributed by atoms with E-state index < -0.39 is 11.9 Å². The van der Waals surface area contributed by atoms with Crippen LogP contribution in [-0.2, 0) is 20.7 Å². The molecule has 3 rings (SSSR count). The van der Waals surface area contributed by atoms with E-state index in [1.807, 2.05) is 31.2 Å². The Morgan fingerprint density at radius 2 is 1.79 bits per heavy atom. The van der Waals surface area contributed by atoms with Gasteiger partial charge in [0.2, 0.25) is 11.8 Å². The molecule has 0 fully saturated rings. The molecule has 8 heteroatoms. The summed E-state index contributed by atoms with van der Waals surface area (Å²) < 4.78 is 10.5. The number of benzene rings is 2. The molecule has 1 N–H and O–H groups in total. The lowest BCUT2D eigenvalue weighted by atomic mass is 10.1. The molecule has 0 bridgehead atoms. The van der Waals surface area contributed by atoms with Crippen LogP contribution in [0.15, 0.2) is 52.9 Å². The fourth-order valence-corrected chi connectivity index (χ4v) is 2.45. The first-order valence-electron chi connectivity index (χ1n) is 8.60. The van der Waals surface area contributed by atoms with Crippen molar-refractivity contribution in [3.8, 4) is 11.5 Å². The summed E-state index contributed by atoms with van der Waals surface area (Å²) in [7, 11) is 0. The van der Waals surface area contributed by atoms with Crippen molar-refractivity contribution in [3.63, 3.8) is 0 Å². The zero-order chi connectivity index (χ0) is 19.9. The molecule has 1 heterocycles. The zero-order valence-electron chi connectivity index (χ0n) is 15.1. The normalized spacial score (nSPS) is 10.5. The molecule has 0 aliphatic carbocycles. The van der Waals surface area contributed by atoms with E-state index in [9.17, 15) is 9.59 Å². The van der Waals surface area contributed by atoms with E-state index in [1.165, 1.54) is 0 Å². The maximum Gasteiger partial charge on any atom is 0.306 e. The van der Waals surface area contributed by atoms with Crippen LogP contribution in [0.5, 0.6) is 0 Å². The number of carbonyl (C=O) groups is 2. The van der Waals surface area contributed by atoms with E-state index in [2.05, 4.69) is 15.5 Å². The van der Waals surface area contributed by atoms with E-state index in [1.54, 1.807) is 24.3 Å². The van der Waals surface area contributed by atoms with Gasteiger partial charge >= 0.3 is 5.97 Å². The second kappa shape index (κ2) is 9.14. The first kappa shape index (κ1) is 19.6. The average molecular weight is 400 g/mol. The minimum absolute atomic E-state index is 0.0315. The minimum atomic E-state index is -0.527. The fraction of sp³-hybridized carbons (Fsp3) is 0.200. The number of halogens is 1. The molecule has 2 aromatic carbocycles. The Kier molecular flexibility index (Phi) is 6.39. The molecule has 0 aliphatic heterocycles. The SMILES string of the molecule is Cc1ccc(-c2nnc(CCC(=O)OCC(=O)Nc3ccc(Cl)cc3)o2)cc1. The first-order chi connectivity index (χ1) is 13.5. The number of anilines is 1. The number of nitrogens with zero attached hydrogens (tertiary/aromatic N) is 2.